The molecular formula is C15H16N4O2S2. The molecule has 0 aliphatic carbocycles. The number of sulfone groups is 1. The predicted molar refractivity (Wildman–Crippen MR) is 89.9 cm³/mol. The monoisotopic (exact) mass is 348 g/mol. The van der Waals surface area contributed by atoms with Gasteiger partial charge in [0, 0.05) is 5.92 Å². The Morgan fingerprint density at radius 3 is 3.04 bits per heavy atom. The lowest BCUT2D eigenvalue weighted by atomic mass is 10.0. The highest BCUT2D eigenvalue weighted by molar-refractivity contribution is 7.91. The van der Waals surface area contributed by atoms with Gasteiger partial charge in [0.05, 0.1) is 32.4 Å². The Kier molecular flexibility index (Phi) is 3.46. The molecule has 1 saturated heterocycles. The summed E-state index contributed by atoms with van der Waals surface area (Å²) in [5, 5.41) is 5.34. The average Bonchev–Trinajstić information content (AvgIpc) is 3.10. The highest BCUT2D eigenvalue weighted by Gasteiger charge is 2.29. The van der Waals surface area contributed by atoms with E-state index in [2.05, 4.69) is 15.1 Å². The van der Waals surface area contributed by atoms with E-state index in [0.717, 1.165) is 33.2 Å². The van der Waals surface area contributed by atoms with Gasteiger partial charge in [0.2, 0.25) is 0 Å². The molecule has 2 aromatic heterocycles. The van der Waals surface area contributed by atoms with E-state index in [1.165, 1.54) is 6.33 Å². The molecule has 0 saturated carbocycles. The summed E-state index contributed by atoms with van der Waals surface area (Å²) < 4.78 is 26.7. The second kappa shape index (κ2) is 5.38. The molecule has 1 atom stereocenters. The third kappa shape index (κ3) is 2.76. The summed E-state index contributed by atoms with van der Waals surface area (Å²) in [4.78, 5) is 8.80. The number of thiazole rings is 1. The van der Waals surface area contributed by atoms with Crippen molar-refractivity contribution in [2.24, 2.45) is 0 Å². The van der Waals surface area contributed by atoms with E-state index in [9.17, 15) is 8.42 Å². The normalized spacial score (nSPS) is 20.8. The molecule has 1 aliphatic heterocycles. The molecule has 1 unspecified atom stereocenters. The van der Waals surface area contributed by atoms with Crippen molar-refractivity contribution in [1.82, 2.24) is 19.7 Å². The Balaban J connectivity index is 1.76. The van der Waals surface area contributed by atoms with E-state index in [-0.39, 0.29) is 17.4 Å². The Bertz CT molecular complexity index is 974. The molecule has 4 rings (SSSR count). The Hall–Kier alpha value is -1.80. The largest absolute Gasteiger partial charge is 0.242 e. The third-order valence-corrected chi connectivity index (χ3v) is 6.88. The second-order valence-electron chi connectivity index (χ2n) is 5.87. The smallest absolute Gasteiger partial charge is 0.151 e. The maximum absolute atomic E-state index is 11.9. The van der Waals surface area contributed by atoms with Gasteiger partial charge in [-0.1, -0.05) is 0 Å². The summed E-state index contributed by atoms with van der Waals surface area (Å²) in [6, 6.07) is 5.96. The Labute approximate surface area is 138 Å². The Morgan fingerprint density at radius 2 is 2.22 bits per heavy atom. The average molecular weight is 348 g/mol. The fraction of sp³-hybridized carbons (Fsp3) is 0.400. The molecule has 1 aromatic carbocycles. The van der Waals surface area contributed by atoms with E-state index in [0.29, 0.717) is 6.42 Å². The van der Waals surface area contributed by atoms with Crippen molar-refractivity contribution in [3.8, 4) is 5.69 Å². The molecule has 0 bridgehead atoms. The number of hydrogen-bond acceptors (Lipinski definition) is 6. The molecule has 1 aliphatic rings. The molecule has 23 heavy (non-hydrogen) atoms. The van der Waals surface area contributed by atoms with E-state index in [4.69, 9.17) is 0 Å². The van der Waals surface area contributed by atoms with Gasteiger partial charge in [-0.05, 0) is 38.0 Å². The highest BCUT2D eigenvalue weighted by atomic mass is 32.2. The molecule has 0 spiro atoms. The summed E-state index contributed by atoms with van der Waals surface area (Å²) in [6.07, 6.45) is 3.02. The van der Waals surface area contributed by atoms with Gasteiger partial charge in [0.1, 0.15) is 12.2 Å². The van der Waals surface area contributed by atoms with Gasteiger partial charge in [-0.2, -0.15) is 5.10 Å². The van der Waals surface area contributed by atoms with E-state index < -0.39 is 9.84 Å². The van der Waals surface area contributed by atoms with Crippen LogP contribution in [0.25, 0.3) is 15.9 Å². The first-order valence-electron chi connectivity index (χ1n) is 7.50. The maximum atomic E-state index is 11.9. The first-order chi connectivity index (χ1) is 11.0. The molecule has 3 heterocycles. The van der Waals surface area contributed by atoms with Gasteiger partial charge < -0.3 is 0 Å². The van der Waals surface area contributed by atoms with Crippen molar-refractivity contribution in [2.75, 3.05) is 11.5 Å². The van der Waals surface area contributed by atoms with Crippen LogP contribution in [0, 0.1) is 6.92 Å². The first kappa shape index (κ1) is 14.8. The van der Waals surface area contributed by atoms with Crippen molar-refractivity contribution in [3.63, 3.8) is 0 Å². The van der Waals surface area contributed by atoms with Gasteiger partial charge in [0.25, 0.3) is 0 Å². The fourth-order valence-corrected chi connectivity index (χ4v) is 5.68. The lowest BCUT2D eigenvalue weighted by molar-refractivity contribution is 0.537. The number of fused-ring (bicyclic) bond motifs is 1. The van der Waals surface area contributed by atoms with Crippen molar-refractivity contribution in [2.45, 2.75) is 25.7 Å². The molecule has 0 amide bonds. The number of benzene rings is 1. The topological polar surface area (TPSA) is 77.7 Å². The van der Waals surface area contributed by atoms with Gasteiger partial charge in [0.15, 0.2) is 9.84 Å². The zero-order chi connectivity index (χ0) is 16.0. The first-order valence-corrected chi connectivity index (χ1v) is 10.1. The molecule has 8 heteroatoms. The summed E-state index contributed by atoms with van der Waals surface area (Å²) >= 11 is 1.64. The van der Waals surface area contributed by atoms with Crippen LogP contribution in [0.5, 0.6) is 0 Å². The maximum Gasteiger partial charge on any atom is 0.151 e. The van der Waals surface area contributed by atoms with Crippen LogP contribution >= 0.6 is 11.3 Å². The quantitative estimate of drug-likeness (QED) is 0.711. The summed E-state index contributed by atoms with van der Waals surface area (Å²) in [5.41, 5.74) is 1.87. The second-order valence-corrected chi connectivity index (χ2v) is 9.33. The molecule has 6 nitrogen and oxygen atoms in total. The molecule has 0 N–H and O–H groups in total. The van der Waals surface area contributed by atoms with Crippen molar-refractivity contribution < 1.29 is 8.42 Å². The Morgan fingerprint density at radius 1 is 1.35 bits per heavy atom. The summed E-state index contributed by atoms with van der Waals surface area (Å²) in [5.74, 6) is 1.08. The van der Waals surface area contributed by atoms with Crippen LogP contribution < -0.4 is 0 Å². The molecule has 120 valence electrons. The van der Waals surface area contributed by atoms with E-state index in [1.807, 2.05) is 25.1 Å². The van der Waals surface area contributed by atoms with Crippen LogP contribution in [0.1, 0.15) is 29.6 Å². The van der Waals surface area contributed by atoms with Crippen molar-refractivity contribution >= 4 is 31.4 Å². The van der Waals surface area contributed by atoms with Crippen molar-refractivity contribution in [3.05, 3.63) is 35.4 Å². The molecule has 1 fully saturated rings. The van der Waals surface area contributed by atoms with Crippen LogP contribution in [-0.4, -0.2) is 39.7 Å². The van der Waals surface area contributed by atoms with Crippen LogP contribution in [0.4, 0.5) is 0 Å². The number of aryl methyl sites for hydroxylation is 1. The van der Waals surface area contributed by atoms with Gasteiger partial charge in [-0.25, -0.2) is 23.1 Å². The van der Waals surface area contributed by atoms with Crippen LogP contribution in [-0.2, 0) is 9.84 Å². The lowest BCUT2D eigenvalue weighted by Gasteiger charge is -2.21. The van der Waals surface area contributed by atoms with Crippen LogP contribution in [0.3, 0.4) is 0 Å². The zero-order valence-corrected chi connectivity index (χ0v) is 14.3. The molecule has 0 radical (unpaired) electrons. The minimum Gasteiger partial charge on any atom is -0.242 e. The van der Waals surface area contributed by atoms with Gasteiger partial charge in [-0.15, -0.1) is 11.3 Å². The number of hydrogen-bond donors (Lipinski definition) is 0. The predicted octanol–water partition coefficient (Wildman–Crippen LogP) is 2.48. The SMILES string of the molecule is Cc1nc2ccc(-n3ncnc3C3CCCS(=O)(=O)C3)cc2s1. The van der Waals surface area contributed by atoms with Crippen LogP contribution in [0.15, 0.2) is 24.5 Å². The molecule has 3 aromatic rings. The minimum absolute atomic E-state index is 0.0878. The number of nitrogens with zero attached hydrogens (tertiary/aromatic N) is 4. The van der Waals surface area contributed by atoms with E-state index in [1.54, 1.807) is 16.0 Å². The highest BCUT2D eigenvalue weighted by Crippen LogP contribution is 2.29. The van der Waals surface area contributed by atoms with Crippen molar-refractivity contribution in [1.29, 1.82) is 0 Å². The number of aromatic nitrogens is 4. The van der Waals surface area contributed by atoms with E-state index >= 15 is 0 Å². The molecular weight excluding hydrogens is 332 g/mol. The summed E-state index contributed by atoms with van der Waals surface area (Å²) in [6.45, 7) is 1.98. The number of rotatable bonds is 2. The minimum atomic E-state index is -2.98. The van der Waals surface area contributed by atoms with Gasteiger partial charge >= 0.3 is 0 Å². The van der Waals surface area contributed by atoms with Crippen LogP contribution in [0.2, 0.25) is 0 Å². The fourth-order valence-electron chi connectivity index (χ4n) is 3.11. The standard InChI is InChI=1S/C15H16N4O2S2/c1-10-18-13-5-4-12(7-14(13)22-10)19-15(16-9-17-19)11-3-2-6-23(20,21)8-11/h4-5,7,9,11H,2-3,6,8H2,1H3. The van der Waals surface area contributed by atoms with Gasteiger partial charge in [-0.3, -0.25) is 0 Å². The summed E-state index contributed by atoms with van der Waals surface area (Å²) in [7, 11) is -2.98. The lowest BCUT2D eigenvalue weighted by Crippen LogP contribution is -2.25. The zero-order valence-electron chi connectivity index (χ0n) is 12.6. The third-order valence-electron chi connectivity index (χ3n) is 4.13.